The predicted octanol–water partition coefficient (Wildman–Crippen LogP) is 3.40. The van der Waals surface area contributed by atoms with Crippen LogP contribution in [0, 0.1) is 0 Å². The molecule has 0 aliphatic carbocycles. The number of nitrogens with zero attached hydrogens (tertiary/aromatic N) is 2. The number of benzene rings is 2. The van der Waals surface area contributed by atoms with E-state index in [1.54, 1.807) is 47.4 Å². The van der Waals surface area contributed by atoms with Crippen LogP contribution in [0.5, 0.6) is 0 Å². The minimum Gasteiger partial charge on any atom is -0.465 e. The Balaban J connectivity index is 1.48. The molecule has 1 fully saturated rings. The maximum absolute atomic E-state index is 13.2. The Labute approximate surface area is 175 Å². The van der Waals surface area contributed by atoms with E-state index in [1.807, 2.05) is 24.3 Å². The fourth-order valence-corrected chi connectivity index (χ4v) is 3.43. The number of para-hydroxylation sites is 1. The average Bonchev–Trinajstić information content (AvgIpc) is 3.32. The standard InChI is InChI=1S/C24H23N3O3/c28-23(19-8-3-1-4-9-19)25-22(18-21-12-7-17-30-21)24(29)27-15-13-26(14-16-27)20-10-5-2-6-11-20/h1-12,17-18H,13-16H2,(H,25,28). The quantitative estimate of drug-likeness (QED) is 0.666. The third kappa shape index (κ3) is 4.60. The summed E-state index contributed by atoms with van der Waals surface area (Å²) in [6, 6.07) is 22.5. The Morgan fingerprint density at radius 2 is 1.50 bits per heavy atom. The number of amides is 2. The van der Waals surface area contributed by atoms with Gasteiger partial charge in [-0.2, -0.15) is 0 Å². The van der Waals surface area contributed by atoms with E-state index in [1.165, 1.54) is 6.26 Å². The van der Waals surface area contributed by atoms with E-state index in [-0.39, 0.29) is 17.5 Å². The normalized spacial score (nSPS) is 14.5. The van der Waals surface area contributed by atoms with Crippen LogP contribution >= 0.6 is 0 Å². The van der Waals surface area contributed by atoms with Crippen molar-refractivity contribution in [3.8, 4) is 0 Å². The van der Waals surface area contributed by atoms with Crippen molar-refractivity contribution in [2.45, 2.75) is 0 Å². The smallest absolute Gasteiger partial charge is 0.270 e. The molecule has 2 heterocycles. The SMILES string of the molecule is O=C(NC(=Cc1ccco1)C(=O)N1CCN(c2ccccc2)CC1)c1ccccc1. The van der Waals surface area contributed by atoms with Gasteiger partial charge >= 0.3 is 0 Å². The third-order valence-corrected chi connectivity index (χ3v) is 5.03. The van der Waals surface area contributed by atoms with Crippen LogP contribution in [0.25, 0.3) is 6.08 Å². The van der Waals surface area contributed by atoms with Crippen LogP contribution in [-0.2, 0) is 4.79 Å². The number of piperazine rings is 1. The molecule has 1 aromatic heterocycles. The highest BCUT2D eigenvalue weighted by molar-refractivity contribution is 6.05. The Hall–Kier alpha value is -3.80. The molecular weight excluding hydrogens is 378 g/mol. The summed E-state index contributed by atoms with van der Waals surface area (Å²) in [5, 5.41) is 2.77. The van der Waals surface area contributed by atoms with E-state index in [2.05, 4.69) is 22.3 Å². The second-order valence-corrected chi connectivity index (χ2v) is 7.01. The molecule has 6 nitrogen and oxygen atoms in total. The van der Waals surface area contributed by atoms with Crippen LogP contribution in [0.4, 0.5) is 5.69 Å². The average molecular weight is 401 g/mol. The molecule has 3 aromatic rings. The number of hydrogen-bond acceptors (Lipinski definition) is 4. The summed E-state index contributed by atoms with van der Waals surface area (Å²) in [7, 11) is 0. The van der Waals surface area contributed by atoms with E-state index in [0.29, 0.717) is 24.4 Å². The lowest BCUT2D eigenvalue weighted by Crippen LogP contribution is -2.50. The Bertz CT molecular complexity index is 1010. The van der Waals surface area contributed by atoms with Crippen LogP contribution in [0.2, 0.25) is 0 Å². The van der Waals surface area contributed by atoms with Gasteiger partial charge in [0.05, 0.1) is 6.26 Å². The van der Waals surface area contributed by atoms with Gasteiger partial charge in [0.15, 0.2) is 0 Å². The molecular formula is C24H23N3O3. The first kappa shape index (κ1) is 19.5. The highest BCUT2D eigenvalue weighted by Gasteiger charge is 2.25. The molecule has 152 valence electrons. The molecule has 0 bridgehead atoms. The largest absolute Gasteiger partial charge is 0.465 e. The van der Waals surface area contributed by atoms with Crippen LogP contribution in [0.3, 0.4) is 0 Å². The second kappa shape index (κ2) is 9.13. The Kier molecular flexibility index (Phi) is 5.94. The minimum absolute atomic E-state index is 0.201. The van der Waals surface area contributed by atoms with Crippen molar-refractivity contribution >= 4 is 23.6 Å². The van der Waals surface area contributed by atoms with Crippen molar-refractivity contribution in [3.05, 3.63) is 96.1 Å². The van der Waals surface area contributed by atoms with Gasteiger partial charge in [-0.1, -0.05) is 36.4 Å². The number of hydrogen-bond donors (Lipinski definition) is 1. The van der Waals surface area contributed by atoms with E-state index >= 15 is 0 Å². The number of furan rings is 1. The maximum Gasteiger partial charge on any atom is 0.270 e. The summed E-state index contributed by atoms with van der Waals surface area (Å²) in [6.07, 6.45) is 3.11. The van der Waals surface area contributed by atoms with Crippen LogP contribution in [-0.4, -0.2) is 42.9 Å². The maximum atomic E-state index is 13.2. The van der Waals surface area contributed by atoms with Gasteiger partial charge in [0.25, 0.3) is 11.8 Å². The Morgan fingerprint density at radius 3 is 2.13 bits per heavy atom. The van der Waals surface area contributed by atoms with Gasteiger partial charge in [0, 0.05) is 43.5 Å². The van der Waals surface area contributed by atoms with Gasteiger partial charge in [0.1, 0.15) is 11.5 Å². The first-order valence-electron chi connectivity index (χ1n) is 9.91. The highest BCUT2D eigenvalue weighted by Crippen LogP contribution is 2.17. The number of nitrogens with one attached hydrogen (secondary N) is 1. The molecule has 4 rings (SSSR count). The fourth-order valence-electron chi connectivity index (χ4n) is 3.43. The van der Waals surface area contributed by atoms with Gasteiger partial charge in [-0.15, -0.1) is 0 Å². The van der Waals surface area contributed by atoms with E-state index in [0.717, 1.165) is 18.8 Å². The zero-order chi connectivity index (χ0) is 20.8. The van der Waals surface area contributed by atoms with Crippen molar-refractivity contribution in [3.63, 3.8) is 0 Å². The first-order valence-corrected chi connectivity index (χ1v) is 9.91. The zero-order valence-electron chi connectivity index (χ0n) is 16.5. The third-order valence-electron chi connectivity index (χ3n) is 5.03. The minimum atomic E-state index is -0.329. The molecule has 1 aliphatic rings. The first-order chi connectivity index (χ1) is 14.7. The van der Waals surface area contributed by atoms with Crippen molar-refractivity contribution in [1.82, 2.24) is 10.2 Å². The second-order valence-electron chi connectivity index (χ2n) is 7.01. The summed E-state index contributed by atoms with van der Waals surface area (Å²) >= 11 is 0. The molecule has 0 atom stereocenters. The lowest BCUT2D eigenvalue weighted by Gasteiger charge is -2.36. The summed E-state index contributed by atoms with van der Waals surface area (Å²) in [5.41, 5.74) is 1.84. The molecule has 1 N–H and O–H groups in total. The number of rotatable bonds is 5. The summed E-state index contributed by atoms with van der Waals surface area (Å²) in [5.74, 6) is -0.0392. The highest BCUT2D eigenvalue weighted by atomic mass is 16.3. The van der Waals surface area contributed by atoms with E-state index in [4.69, 9.17) is 4.42 Å². The van der Waals surface area contributed by atoms with Crippen molar-refractivity contribution in [2.75, 3.05) is 31.1 Å². The topological polar surface area (TPSA) is 65.8 Å². The molecule has 0 spiro atoms. The molecule has 2 aromatic carbocycles. The molecule has 2 amide bonds. The van der Waals surface area contributed by atoms with Crippen LogP contribution < -0.4 is 10.2 Å². The number of carbonyl (C=O) groups is 2. The van der Waals surface area contributed by atoms with Crippen LogP contribution in [0.15, 0.2) is 89.2 Å². The number of anilines is 1. The van der Waals surface area contributed by atoms with E-state index < -0.39 is 0 Å². The van der Waals surface area contributed by atoms with Crippen molar-refractivity contribution in [2.24, 2.45) is 0 Å². The van der Waals surface area contributed by atoms with Crippen LogP contribution in [0.1, 0.15) is 16.1 Å². The van der Waals surface area contributed by atoms with Gasteiger partial charge in [0.2, 0.25) is 0 Å². The molecule has 1 aliphatic heterocycles. The summed E-state index contributed by atoms with van der Waals surface area (Å²) < 4.78 is 5.36. The molecule has 0 unspecified atom stereocenters. The Morgan fingerprint density at radius 1 is 0.833 bits per heavy atom. The summed E-state index contributed by atoms with van der Waals surface area (Å²) in [4.78, 5) is 29.9. The lowest BCUT2D eigenvalue weighted by molar-refractivity contribution is -0.127. The van der Waals surface area contributed by atoms with Gasteiger partial charge < -0.3 is 19.5 Å². The molecule has 0 radical (unpaired) electrons. The van der Waals surface area contributed by atoms with Crippen molar-refractivity contribution < 1.29 is 14.0 Å². The van der Waals surface area contributed by atoms with Gasteiger partial charge in [-0.05, 0) is 36.4 Å². The molecule has 30 heavy (non-hydrogen) atoms. The van der Waals surface area contributed by atoms with Gasteiger partial charge in [-0.3, -0.25) is 9.59 Å². The monoisotopic (exact) mass is 401 g/mol. The zero-order valence-corrected chi connectivity index (χ0v) is 16.5. The summed E-state index contributed by atoms with van der Waals surface area (Å²) in [6.45, 7) is 2.61. The lowest BCUT2D eigenvalue weighted by atomic mass is 10.2. The molecule has 0 saturated carbocycles. The number of carbonyl (C=O) groups excluding carboxylic acids is 2. The molecule has 1 saturated heterocycles. The van der Waals surface area contributed by atoms with Gasteiger partial charge in [-0.25, -0.2) is 0 Å². The van der Waals surface area contributed by atoms with Crippen molar-refractivity contribution in [1.29, 1.82) is 0 Å². The molecule has 6 heteroatoms. The van der Waals surface area contributed by atoms with E-state index in [9.17, 15) is 9.59 Å². The predicted molar refractivity (Wildman–Crippen MR) is 116 cm³/mol. The fraction of sp³-hybridized carbons (Fsp3) is 0.167.